The summed E-state index contributed by atoms with van der Waals surface area (Å²) in [7, 11) is 0. The number of ether oxygens (including phenoxy) is 4. The van der Waals surface area contributed by atoms with Gasteiger partial charge in [-0.2, -0.15) is 0 Å². The highest BCUT2D eigenvalue weighted by atomic mass is 16.5. The van der Waals surface area contributed by atoms with Crippen LogP contribution in [0.1, 0.15) is 50.7 Å². The van der Waals surface area contributed by atoms with Crippen LogP contribution in [0.5, 0.6) is 11.5 Å². The first-order valence-corrected chi connectivity index (χ1v) is 11.9. The summed E-state index contributed by atoms with van der Waals surface area (Å²) >= 11 is 0. The molecule has 0 bridgehead atoms. The van der Waals surface area contributed by atoms with Crippen LogP contribution in [-0.4, -0.2) is 38.4 Å². The van der Waals surface area contributed by atoms with Gasteiger partial charge in [-0.25, -0.2) is 9.59 Å². The molecule has 0 N–H and O–H groups in total. The summed E-state index contributed by atoms with van der Waals surface area (Å²) in [5.41, 5.74) is 2.19. The molecule has 2 rings (SSSR count). The molecule has 2 aromatic carbocycles. The van der Waals surface area contributed by atoms with Crippen LogP contribution in [-0.2, 0) is 24.5 Å². The second kappa shape index (κ2) is 14.7. The molecule has 0 fully saturated rings. The highest BCUT2D eigenvalue weighted by molar-refractivity contribution is 5.81. The van der Waals surface area contributed by atoms with Crippen molar-refractivity contribution in [2.45, 2.75) is 44.9 Å². The quantitative estimate of drug-likeness (QED) is 0.172. The molecule has 0 heterocycles. The van der Waals surface area contributed by atoms with Crippen molar-refractivity contribution in [3.05, 3.63) is 85.0 Å². The Hall–Kier alpha value is -3.54. The normalized spacial score (nSPS) is 10.8. The fourth-order valence-corrected chi connectivity index (χ4v) is 3.35. The van der Waals surface area contributed by atoms with E-state index in [-0.39, 0.29) is 5.41 Å². The number of esters is 2. The molecule has 0 aliphatic heterocycles. The fourth-order valence-electron chi connectivity index (χ4n) is 3.35. The first-order chi connectivity index (χ1) is 16.9. The molecule has 0 saturated carbocycles. The molecule has 2 aromatic rings. The zero-order chi connectivity index (χ0) is 25.5. The number of benzene rings is 2. The lowest BCUT2D eigenvalue weighted by atomic mass is 9.78. The van der Waals surface area contributed by atoms with E-state index < -0.39 is 11.9 Å². The van der Waals surface area contributed by atoms with E-state index in [2.05, 4.69) is 51.3 Å². The minimum Gasteiger partial charge on any atom is -0.494 e. The summed E-state index contributed by atoms with van der Waals surface area (Å²) in [5, 5.41) is 0. The van der Waals surface area contributed by atoms with Gasteiger partial charge in [0, 0.05) is 17.6 Å². The topological polar surface area (TPSA) is 71.1 Å². The molecule has 188 valence electrons. The average Bonchev–Trinajstić information content (AvgIpc) is 2.88. The molecule has 0 spiro atoms. The van der Waals surface area contributed by atoms with Gasteiger partial charge in [0.1, 0.15) is 11.5 Å². The van der Waals surface area contributed by atoms with E-state index in [4.69, 9.17) is 18.9 Å². The largest absolute Gasteiger partial charge is 0.494 e. The van der Waals surface area contributed by atoms with Crippen molar-refractivity contribution >= 4 is 11.9 Å². The monoisotopic (exact) mass is 480 g/mol. The van der Waals surface area contributed by atoms with Crippen molar-refractivity contribution in [1.29, 1.82) is 0 Å². The lowest BCUT2D eigenvalue weighted by molar-refractivity contribution is -0.138. The molecule has 0 amide bonds. The first-order valence-electron chi connectivity index (χ1n) is 11.9. The molecule has 0 saturated heterocycles. The maximum Gasteiger partial charge on any atom is 0.330 e. The molecular weight excluding hydrogens is 444 g/mol. The Kier molecular flexibility index (Phi) is 11.6. The number of carbonyl (C=O) groups excluding carboxylic acids is 2. The number of unbranched alkanes of at least 4 members (excludes halogenated alkanes) is 2. The zero-order valence-electron chi connectivity index (χ0n) is 20.8. The van der Waals surface area contributed by atoms with Crippen molar-refractivity contribution in [3.63, 3.8) is 0 Å². The van der Waals surface area contributed by atoms with Crippen LogP contribution in [0, 0.1) is 0 Å². The predicted molar refractivity (Wildman–Crippen MR) is 137 cm³/mol. The van der Waals surface area contributed by atoms with Gasteiger partial charge in [0.15, 0.2) is 0 Å². The summed E-state index contributed by atoms with van der Waals surface area (Å²) in [6, 6.07) is 16.3. The molecule has 0 unspecified atom stereocenters. The van der Waals surface area contributed by atoms with Gasteiger partial charge in [0.2, 0.25) is 0 Å². The van der Waals surface area contributed by atoms with Crippen molar-refractivity contribution in [1.82, 2.24) is 0 Å². The Morgan fingerprint density at radius 3 is 1.34 bits per heavy atom. The number of rotatable bonds is 16. The Morgan fingerprint density at radius 2 is 1.00 bits per heavy atom. The van der Waals surface area contributed by atoms with E-state index in [0.29, 0.717) is 26.4 Å². The van der Waals surface area contributed by atoms with Gasteiger partial charge in [0.25, 0.3) is 0 Å². The van der Waals surface area contributed by atoms with Crippen LogP contribution >= 0.6 is 0 Å². The van der Waals surface area contributed by atoms with Crippen molar-refractivity contribution in [2.75, 3.05) is 26.4 Å². The second-order valence-electron chi connectivity index (χ2n) is 8.53. The van der Waals surface area contributed by atoms with E-state index in [1.54, 1.807) is 0 Å². The van der Waals surface area contributed by atoms with Gasteiger partial charge in [-0.3, -0.25) is 0 Å². The lowest BCUT2D eigenvalue weighted by Gasteiger charge is -2.26. The average molecular weight is 481 g/mol. The smallest absolute Gasteiger partial charge is 0.330 e. The van der Waals surface area contributed by atoms with Gasteiger partial charge in [-0.1, -0.05) is 51.3 Å². The highest BCUT2D eigenvalue weighted by Crippen LogP contribution is 2.33. The Morgan fingerprint density at radius 1 is 0.657 bits per heavy atom. The van der Waals surface area contributed by atoms with Gasteiger partial charge >= 0.3 is 11.9 Å². The third-order valence-electron chi connectivity index (χ3n) is 5.59. The third kappa shape index (κ3) is 9.69. The molecule has 0 aliphatic carbocycles. The summed E-state index contributed by atoms with van der Waals surface area (Å²) < 4.78 is 21.5. The molecule has 35 heavy (non-hydrogen) atoms. The second-order valence-corrected chi connectivity index (χ2v) is 8.53. The number of hydrogen-bond acceptors (Lipinski definition) is 6. The van der Waals surface area contributed by atoms with Gasteiger partial charge in [-0.15, -0.1) is 0 Å². The van der Waals surface area contributed by atoms with Crippen molar-refractivity contribution in [2.24, 2.45) is 0 Å². The standard InChI is InChI=1S/C29H36O6/c1-5-27(30)34-21-9-7-19-32-25-15-11-23(12-16-25)29(3,4)24-13-17-26(18-14-24)33-20-8-10-22-35-28(31)6-2/h5-6,11-18H,1-2,7-10,19-22H2,3-4H3. The maximum atomic E-state index is 11.0. The summed E-state index contributed by atoms with van der Waals surface area (Å²) in [5.74, 6) is 0.838. The highest BCUT2D eigenvalue weighted by Gasteiger charge is 2.23. The van der Waals surface area contributed by atoms with E-state index in [9.17, 15) is 9.59 Å². The minimum absolute atomic E-state index is 0.179. The SMILES string of the molecule is C=CC(=O)OCCCCOc1ccc(C(C)(C)c2ccc(OCCCCOC(=O)C=C)cc2)cc1. The summed E-state index contributed by atoms with van der Waals surface area (Å²) in [6.07, 6.45) is 5.42. The van der Waals surface area contributed by atoms with E-state index in [1.807, 2.05) is 24.3 Å². The predicted octanol–water partition coefficient (Wildman–Crippen LogP) is 5.79. The summed E-state index contributed by atoms with van der Waals surface area (Å²) in [4.78, 5) is 22.0. The molecule has 0 aromatic heterocycles. The van der Waals surface area contributed by atoms with E-state index in [0.717, 1.165) is 37.2 Å². The van der Waals surface area contributed by atoms with Crippen LogP contribution < -0.4 is 9.47 Å². The zero-order valence-corrected chi connectivity index (χ0v) is 20.8. The molecule has 6 nitrogen and oxygen atoms in total. The fraction of sp³-hybridized carbons (Fsp3) is 0.379. The van der Waals surface area contributed by atoms with Crippen LogP contribution in [0.3, 0.4) is 0 Å². The van der Waals surface area contributed by atoms with Crippen LogP contribution in [0.2, 0.25) is 0 Å². The number of hydrogen-bond donors (Lipinski definition) is 0. The van der Waals surface area contributed by atoms with Crippen LogP contribution in [0.4, 0.5) is 0 Å². The van der Waals surface area contributed by atoms with E-state index in [1.165, 1.54) is 23.3 Å². The third-order valence-corrected chi connectivity index (χ3v) is 5.59. The summed E-state index contributed by atoms with van der Waals surface area (Å²) in [6.45, 7) is 13.0. The van der Waals surface area contributed by atoms with Gasteiger partial charge < -0.3 is 18.9 Å². The maximum absolute atomic E-state index is 11.0. The van der Waals surface area contributed by atoms with E-state index >= 15 is 0 Å². The molecule has 0 aliphatic rings. The molecule has 0 radical (unpaired) electrons. The Bertz CT molecular complexity index is 867. The van der Waals surface area contributed by atoms with Crippen LogP contribution in [0.25, 0.3) is 0 Å². The van der Waals surface area contributed by atoms with Gasteiger partial charge in [0.05, 0.1) is 26.4 Å². The van der Waals surface area contributed by atoms with Crippen LogP contribution in [0.15, 0.2) is 73.8 Å². The molecule has 6 heteroatoms. The van der Waals surface area contributed by atoms with Crippen molar-refractivity contribution < 1.29 is 28.5 Å². The molecular formula is C29H36O6. The lowest BCUT2D eigenvalue weighted by Crippen LogP contribution is -2.18. The number of carbonyl (C=O) groups is 2. The van der Waals surface area contributed by atoms with Gasteiger partial charge in [-0.05, 0) is 61.1 Å². The molecule has 0 atom stereocenters. The Labute approximate surface area is 208 Å². The Balaban J connectivity index is 1.77. The minimum atomic E-state index is -0.396. The van der Waals surface area contributed by atoms with Crippen molar-refractivity contribution in [3.8, 4) is 11.5 Å². The first kappa shape index (κ1) is 27.7.